The quantitative estimate of drug-likeness (QED) is 0.858. The van der Waals surface area contributed by atoms with Gasteiger partial charge in [0.25, 0.3) is 0 Å². The van der Waals surface area contributed by atoms with E-state index in [1.807, 2.05) is 13.8 Å². The molecule has 0 aliphatic rings. The van der Waals surface area contributed by atoms with Crippen molar-refractivity contribution < 1.29 is 19.0 Å². The lowest BCUT2D eigenvalue weighted by Gasteiger charge is -2.21. The number of aromatic nitrogens is 2. The van der Waals surface area contributed by atoms with Crippen LogP contribution in [-0.2, 0) is 9.47 Å². The first kappa shape index (κ1) is 16.3. The first-order valence-electron chi connectivity index (χ1n) is 6.90. The molecular formula is C16H19FN2O3. The van der Waals surface area contributed by atoms with Crippen molar-refractivity contribution >= 4 is 0 Å². The summed E-state index contributed by atoms with van der Waals surface area (Å²) in [5, 5.41) is 9.83. The van der Waals surface area contributed by atoms with Gasteiger partial charge in [0.2, 0.25) is 0 Å². The second kappa shape index (κ2) is 6.81. The van der Waals surface area contributed by atoms with Gasteiger partial charge in [-0.1, -0.05) is 13.8 Å². The number of methoxy groups -OCH3 is 2. The Kier molecular flexibility index (Phi) is 5.05. The largest absolute Gasteiger partial charge is 0.479 e. The average Bonchev–Trinajstić information content (AvgIpc) is 2.50. The third-order valence-corrected chi connectivity index (χ3v) is 3.29. The highest BCUT2D eigenvalue weighted by Gasteiger charge is 2.25. The molecule has 0 aliphatic heterocycles. The van der Waals surface area contributed by atoms with Crippen molar-refractivity contribution in [2.75, 3.05) is 14.2 Å². The van der Waals surface area contributed by atoms with Gasteiger partial charge in [0, 0.05) is 19.8 Å². The van der Waals surface area contributed by atoms with Crippen LogP contribution >= 0.6 is 0 Å². The summed E-state index contributed by atoms with van der Waals surface area (Å²) in [6, 6.07) is 5.52. The molecule has 1 aromatic heterocycles. The molecule has 5 nitrogen and oxygen atoms in total. The van der Waals surface area contributed by atoms with Crippen molar-refractivity contribution in [3.8, 4) is 17.3 Å². The van der Waals surface area contributed by atoms with Crippen LogP contribution in [0.2, 0.25) is 0 Å². The van der Waals surface area contributed by atoms with Crippen molar-refractivity contribution in [3.05, 3.63) is 41.3 Å². The molecule has 2 rings (SSSR count). The van der Waals surface area contributed by atoms with Gasteiger partial charge in [0.05, 0.1) is 17.0 Å². The average molecular weight is 306 g/mol. The van der Waals surface area contributed by atoms with Gasteiger partial charge in [-0.15, -0.1) is 0 Å². The van der Waals surface area contributed by atoms with Gasteiger partial charge in [-0.25, -0.2) is 4.39 Å². The summed E-state index contributed by atoms with van der Waals surface area (Å²) in [5.41, 5.74) is 2.37. The number of hydrogen-bond acceptors (Lipinski definition) is 5. The molecule has 0 radical (unpaired) electrons. The van der Waals surface area contributed by atoms with Crippen LogP contribution < -0.4 is 0 Å². The molecule has 0 amide bonds. The lowest BCUT2D eigenvalue weighted by atomic mass is 9.98. The number of hydrogen-bond donors (Lipinski definition) is 1. The number of halogens is 1. The summed E-state index contributed by atoms with van der Waals surface area (Å²) in [7, 11) is 3.03. The van der Waals surface area contributed by atoms with Gasteiger partial charge in [-0.3, -0.25) is 0 Å². The summed E-state index contributed by atoms with van der Waals surface area (Å²) >= 11 is 0. The molecule has 118 valence electrons. The molecule has 0 bridgehead atoms. The molecule has 2 aromatic rings. The molecule has 0 fully saturated rings. The number of nitrogens with zero attached hydrogens (tertiary/aromatic N) is 2. The number of rotatable bonds is 5. The van der Waals surface area contributed by atoms with E-state index >= 15 is 0 Å². The van der Waals surface area contributed by atoms with E-state index in [2.05, 4.69) is 9.97 Å². The van der Waals surface area contributed by atoms with Crippen molar-refractivity contribution in [1.29, 1.82) is 0 Å². The minimum atomic E-state index is -0.682. The lowest BCUT2D eigenvalue weighted by Crippen LogP contribution is -2.13. The third kappa shape index (κ3) is 3.23. The standard InChI is InChI=1S/C16H19FN2O3/c1-9(2)13-12(15(21-3)22-4)14(19-16(20)18-13)10-5-7-11(17)8-6-10/h5-9,15H,1-4H3,(H,18,19,20). The maximum absolute atomic E-state index is 13.1. The van der Waals surface area contributed by atoms with Gasteiger partial charge in [0.1, 0.15) is 5.82 Å². The number of ether oxygens (including phenoxy) is 2. The second-order valence-corrected chi connectivity index (χ2v) is 5.14. The Labute approximate surface area is 128 Å². The van der Waals surface area contributed by atoms with E-state index in [0.717, 1.165) is 0 Å². The van der Waals surface area contributed by atoms with E-state index in [9.17, 15) is 9.50 Å². The maximum atomic E-state index is 13.1. The zero-order valence-corrected chi connectivity index (χ0v) is 13.0. The molecule has 1 N–H and O–H groups in total. The van der Waals surface area contributed by atoms with E-state index in [0.29, 0.717) is 22.5 Å². The molecule has 0 atom stereocenters. The fraction of sp³-hybridized carbons (Fsp3) is 0.375. The Bertz CT molecular complexity index is 641. The summed E-state index contributed by atoms with van der Waals surface area (Å²) < 4.78 is 23.8. The molecule has 6 heteroatoms. The molecule has 0 aliphatic carbocycles. The zero-order chi connectivity index (χ0) is 16.3. The van der Waals surface area contributed by atoms with E-state index in [4.69, 9.17) is 9.47 Å². The molecule has 1 heterocycles. The fourth-order valence-corrected chi connectivity index (χ4v) is 2.31. The van der Waals surface area contributed by atoms with Crippen LogP contribution in [-0.4, -0.2) is 29.3 Å². The van der Waals surface area contributed by atoms with Crippen LogP contribution in [0, 0.1) is 5.82 Å². The minimum absolute atomic E-state index is 0.0240. The molecule has 0 saturated heterocycles. The minimum Gasteiger partial charge on any atom is -0.479 e. The summed E-state index contributed by atoms with van der Waals surface area (Å²) in [4.78, 5) is 8.20. The van der Waals surface area contributed by atoms with E-state index in [1.165, 1.54) is 26.4 Å². The van der Waals surface area contributed by atoms with E-state index in [-0.39, 0.29) is 17.7 Å². The monoisotopic (exact) mass is 306 g/mol. The van der Waals surface area contributed by atoms with Gasteiger partial charge >= 0.3 is 6.01 Å². The molecule has 0 spiro atoms. The first-order valence-corrected chi connectivity index (χ1v) is 6.90. The SMILES string of the molecule is COC(OC)c1c(-c2ccc(F)cc2)nc(O)nc1C(C)C. The van der Waals surface area contributed by atoms with Gasteiger partial charge in [-0.2, -0.15) is 9.97 Å². The van der Waals surface area contributed by atoms with Crippen LogP contribution in [0.5, 0.6) is 6.01 Å². The van der Waals surface area contributed by atoms with Crippen LogP contribution in [0.4, 0.5) is 4.39 Å². The Morgan fingerprint density at radius 2 is 1.64 bits per heavy atom. The molecule has 1 aromatic carbocycles. The smallest absolute Gasteiger partial charge is 0.314 e. The zero-order valence-electron chi connectivity index (χ0n) is 13.0. The van der Waals surface area contributed by atoms with Crippen LogP contribution in [0.15, 0.2) is 24.3 Å². The number of benzene rings is 1. The highest BCUT2D eigenvalue weighted by Crippen LogP contribution is 2.35. The van der Waals surface area contributed by atoms with Crippen molar-refractivity contribution in [2.45, 2.75) is 26.1 Å². The van der Waals surface area contributed by atoms with Crippen molar-refractivity contribution in [2.24, 2.45) is 0 Å². The Morgan fingerprint density at radius 1 is 1.05 bits per heavy atom. The summed E-state index contributed by atoms with van der Waals surface area (Å²) in [6.07, 6.45) is -0.682. The maximum Gasteiger partial charge on any atom is 0.314 e. The predicted molar refractivity (Wildman–Crippen MR) is 79.9 cm³/mol. The normalized spacial score (nSPS) is 11.4. The lowest BCUT2D eigenvalue weighted by molar-refractivity contribution is -0.106. The fourth-order valence-electron chi connectivity index (χ4n) is 2.31. The molecular weight excluding hydrogens is 287 g/mol. The highest BCUT2D eigenvalue weighted by molar-refractivity contribution is 5.65. The molecule has 0 saturated carbocycles. The van der Waals surface area contributed by atoms with Gasteiger partial charge in [0.15, 0.2) is 6.29 Å². The summed E-state index contributed by atoms with van der Waals surface area (Å²) in [5.74, 6) is -0.321. The molecule has 22 heavy (non-hydrogen) atoms. The Morgan fingerprint density at radius 3 is 2.14 bits per heavy atom. The Balaban J connectivity index is 2.72. The Hall–Kier alpha value is -2.05. The third-order valence-electron chi connectivity index (χ3n) is 3.29. The molecule has 0 unspecified atom stereocenters. The van der Waals surface area contributed by atoms with Crippen LogP contribution in [0.3, 0.4) is 0 Å². The van der Waals surface area contributed by atoms with E-state index < -0.39 is 6.29 Å². The first-order chi connectivity index (χ1) is 10.5. The summed E-state index contributed by atoms with van der Waals surface area (Å²) in [6.45, 7) is 3.89. The van der Waals surface area contributed by atoms with E-state index in [1.54, 1.807) is 12.1 Å². The predicted octanol–water partition coefficient (Wildman–Crippen LogP) is 3.40. The van der Waals surface area contributed by atoms with Gasteiger partial charge in [-0.05, 0) is 30.2 Å². The highest BCUT2D eigenvalue weighted by atomic mass is 19.1. The van der Waals surface area contributed by atoms with Crippen LogP contribution in [0.25, 0.3) is 11.3 Å². The van der Waals surface area contributed by atoms with Gasteiger partial charge < -0.3 is 14.6 Å². The van der Waals surface area contributed by atoms with Crippen molar-refractivity contribution in [3.63, 3.8) is 0 Å². The van der Waals surface area contributed by atoms with Crippen LogP contribution in [0.1, 0.15) is 37.3 Å². The van der Waals surface area contributed by atoms with Crippen molar-refractivity contribution in [1.82, 2.24) is 9.97 Å². The topological polar surface area (TPSA) is 64.5 Å². The number of aromatic hydroxyl groups is 1. The second-order valence-electron chi connectivity index (χ2n) is 5.14.